The molecule has 0 unspecified atom stereocenters. The van der Waals surface area contributed by atoms with E-state index < -0.39 is 5.97 Å². The molecule has 0 aliphatic heterocycles. The van der Waals surface area contributed by atoms with E-state index in [9.17, 15) is 4.79 Å². The fourth-order valence-corrected chi connectivity index (χ4v) is 0.745. The minimum Gasteiger partial charge on any atom is -0.481 e. The van der Waals surface area contributed by atoms with Crippen LogP contribution in [0.25, 0.3) is 0 Å². The van der Waals surface area contributed by atoms with Gasteiger partial charge in [-0.05, 0) is 0 Å². The Hall–Kier alpha value is -1.43. The zero-order valence-corrected chi connectivity index (χ0v) is 6.47. The normalized spacial score (nSPS) is 10.1. The second-order valence-electron chi connectivity index (χ2n) is 2.27. The molecule has 3 N–H and O–H groups in total. The third-order valence-electron chi connectivity index (χ3n) is 1.32. The third kappa shape index (κ3) is 2.31. The van der Waals surface area contributed by atoms with Crippen molar-refractivity contribution in [2.45, 2.75) is 19.5 Å². The van der Waals surface area contributed by atoms with E-state index in [-0.39, 0.29) is 13.0 Å². The quantitative estimate of drug-likeness (QED) is 0.617. The molecular formula is C6H10N4O2. The van der Waals surface area contributed by atoms with E-state index in [0.29, 0.717) is 12.4 Å². The fraction of sp³-hybridized carbons (Fsp3) is 0.500. The number of hydrogen-bond acceptors (Lipinski definition) is 4. The second-order valence-corrected chi connectivity index (χ2v) is 2.27. The number of nitrogens with two attached hydrogens (primary N) is 1. The SMILES string of the molecule is NCc1ncn(CCC(=O)O)n1. The molecule has 0 aromatic carbocycles. The predicted molar refractivity (Wildman–Crippen MR) is 40.2 cm³/mol. The van der Waals surface area contributed by atoms with E-state index in [1.807, 2.05) is 0 Å². The van der Waals surface area contributed by atoms with Crippen LogP contribution >= 0.6 is 0 Å². The van der Waals surface area contributed by atoms with Crippen molar-refractivity contribution in [2.75, 3.05) is 0 Å². The van der Waals surface area contributed by atoms with Gasteiger partial charge in [-0.2, -0.15) is 5.10 Å². The monoisotopic (exact) mass is 170 g/mol. The molecule has 0 radical (unpaired) electrons. The molecule has 0 bridgehead atoms. The Morgan fingerprint density at radius 3 is 3.00 bits per heavy atom. The molecule has 0 fully saturated rings. The van der Waals surface area contributed by atoms with E-state index >= 15 is 0 Å². The number of carboxylic acids is 1. The number of carboxylic acid groups (broad SMARTS) is 1. The molecule has 1 aromatic heterocycles. The lowest BCUT2D eigenvalue weighted by Crippen LogP contribution is -2.06. The molecule has 0 spiro atoms. The van der Waals surface area contributed by atoms with Crippen LogP contribution in [0.3, 0.4) is 0 Å². The average Bonchev–Trinajstić information content (AvgIpc) is 2.48. The van der Waals surface area contributed by atoms with Crippen molar-refractivity contribution in [1.82, 2.24) is 14.8 Å². The summed E-state index contributed by atoms with van der Waals surface area (Å²) in [4.78, 5) is 14.0. The summed E-state index contributed by atoms with van der Waals surface area (Å²) in [5, 5.41) is 12.3. The van der Waals surface area contributed by atoms with Crippen LogP contribution in [0.4, 0.5) is 0 Å². The zero-order chi connectivity index (χ0) is 8.97. The molecule has 6 heteroatoms. The smallest absolute Gasteiger partial charge is 0.305 e. The summed E-state index contributed by atoms with van der Waals surface area (Å²) in [5.41, 5.74) is 5.26. The first-order valence-corrected chi connectivity index (χ1v) is 3.52. The Bertz CT molecular complexity index is 270. The number of aliphatic carboxylic acids is 1. The van der Waals surface area contributed by atoms with Gasteiger partial charge >= 0.3 is 5.97 Å². The van der Waals surface area contributed by atoms with E-state index in [4.69, 9.17) is 10.8 Å². The van der Waals surface area contributed by atoms with Crippen LogP contribution in [-0.2, 0) is 17.9 Å². The van der Waals surface area contributed by atoms with Crippen molar-refractivity contribution in [3.05, 3.63) is 12.2 Å². The van der Waals surface area contributed by atoms with Crippen molar-refractivity contribution in [2.24, 2.45) is 5.73 Å². The van der Waals surface area contributed by atoms with Gasteiger partial charge in [0.15, 0.2) is 5.82 Å². The highest BCUT2D eigenvalue weighted by molar-refractivity contribution is 5.66. The summed E-state index contributed by atoms with van der Waals surface area (Å²) >= 11 is 0. The van der Waals surface area contributed by atoms with Crippen molar-refractivity contribution < 1.29 is 9.90 Å². The molecule has 0 aliphatic carbocycles. The van der Waals surface area contributed by atoms with Crippen molar-refractivity contribution in [1.29, 1.82) is 0 Å². The van der Waals surface area contributed by atoms with Crippen LogP contribution in [-0.4, -0.2) is 25.8 Å². The van der Waals surface area contributed by atoms with Crippen LogP contribution in [0.15, 0.2) is 6.33 Å². The highest BCUT2D eigenvalue weighted by Crippen LogP contribution is 1.90. The highest BCUT2D eigenvalue weighted by atomic mass is 16.4. The Labute approximate surface area is 69.0 Å². The topological polar surface area (TPSA) is 94.0 Å². The van der Waals surface area contributed by atoms with Crippen LogP contribution in [0.1, 0.15) is 12.2 Å². The zero-order valence-electron chi connectivity index (χ0n) is 6.47. The molecule has 0 atom stereocenters. The predicted octanol–water partition coefficient (Wildman–Crippen LogP) is -0.789. The average molecular weight is 170 g/mol. The number of nitrogens with zero attached hydrogens (tertiary/aromatic N) is 3. The number of carbonyl (C=O) groups is 1. The van der Waals surface area contributed by atoms with Gasteiger partial charge in [0, 0.05) is 0 Å². The number of aryl methyl sites for hydroxylation is 1. The van der Waals surface area contributed by atoms with E-state index in [1.165, 1.54) is 11.0 Å². The van der Waals surface area contributed by atoms with Crippen molar-refractivity contribution in [3.63, 3.8) is 0 Å². The van der Waals surface area contributed by atoms with Crippen LogP contribution in [0, 0.1) is 0 Å². The van der Waals surface area contributed by atoms with Crippen LogP contribution in [0.5, 0.6) is 0 Å². The Morgan fingerprint density at radius 1 is 1.75 bits per heavy atom. The maximum atomic E-state index is 10.2. The lowest BCUT2D eigenvalue weighted by atomic mass is 10.4. The molecule has 66 valence electrons. The Balaban J connectivity index is 2.47. The molecular weight excluding hydrogens is 160 g/mol. The van der Waals surface area contributed by atoms with E-state index in [0.717, 1.165) is 0 Å². The summed E-state index contributed by atoms with van der Waals surface area (Å²) in [6.45, 7) is 0.613. The standard InChI is InChI=1S/C6H10N4O2/c7-3-5-8-4-10(9-5)2-1-6(11)12/h4H,1-3,7H2,(H,11,12). The van der Waals surface area contributed by atoms with Gasteiger partial charge in [-0.3, -0.25) is 9.48 Å². The molecule has 0 aliphatic rings. The summed E-state index contributed by atoms with van der Waals surface area (Å²) < 4.78 is 1.47. The number of hydrogen-bond donors (Lipinski definition) is 2. The fourth-order valence-electron chi connectivity index (χ4n) is 0.745. The number of aromatic nitrogens is 3. The van der Waals surface area contributed by atoms with Gasteiger partial charge in [-0.1, -0.05) is 0 Å². The van der Waals surface area contributed by atoms with Gasteiger partial charge < -0.3 is 10.8 Å². The van der Waals surface area contributed by atoms with Gasteiger partial charge in [0.05, 0.1) is 19.5 Å². The third-order valence-corrected chi connectivity index (χ3v) is 1.32. The van der Waals surface area contributed by atoms with Crippen molar-refractivity contribution in [3.8, 4) is 0 Å². The van der Waals surface area contributed by atoms with Crippen LogP contribution < -0.4 is 5.73 Å². The summed E-state index contributed by atoms with van der Waals surface area (Å²) in [7, 11) is 0. The largest absolute Gasteiger partial charge is 0.481 e. The first-order chi connectivity index (χ1) is 5.72. The first kappa shape index (κ1) is 8.66. The first-order valence-electron chi connectivity index (χ1n) is 3.52. The van der Waals surface area contributed by atoms with Gasteiger partial charge in [0.1, 0.15) is 6.33 Å². The van der Waals surface area contributed by atoms with E-state index in [2.05, 4.69) is 10.1 Å². The van der Waals surface area contributed by atoms with Gasteiger partial charge in [-0.15, -0.1) is 0 Å². The summed E-state index contributed by atoms with van der Waals surface area (Å²) in [6, 6.07) is 0. The van der Waals surface area contributed by atoms with Gasteiger partial charge in [0.2, 0.25) is 0 Å². The lowest BCUT2D eigenvalue weighted by molar-refractivity contribution is -0.137. The summed E-state index contributed by atoms with van der Waals surface area (Å²) in [6.07, 6.45) is 1.53. The minimum absolute atomic E-state index is 0.0490. The van der Waals surface area contributed by atoms with E-state index in [1.54, 1.807) is 0 Å². The van der Waals surface area contributed by atoms with Crippen LogP contribution in [0.2, 0.25) is 0 Å². The minimum atomic E-state index is -0.847. The molecule has 1 rings (SSSR count). The van der Waals surface area contributed by atoms with Gasteiger partial charge in [0.25, 0.3) is 0 Å². The Kier molecular flexibility index (Phi) is 2.76. The maximum absolute atomic E-state index is 10.2. The Morgan fingerprint density at radius 2 is 2.50 bits per heavy atom. The van der Waals surface area contributed by atoms with Gasteiger partial charge in [-0.25, -0.2) is 4.98 Å². The molecule has 6 nitrogen and oxygen atoms in total. The molecule has 1 aromatic rings. The highest BCUT2D eigenvalue weighted by Gasteiger charge is 2.00. The van der Waals surface area contributed by atoms with Crippen molar-refractivity contribution >= 4 is 5.97 Å². The molecule has 0 saturated heterocycles. The molecule has 1 heterocycles. The second kappa shape index (κ2) is 3.82. The molecule has 0 saturated carbocycles. The number of rotatable bonds is 4. The molecule has 0 amide bonds. The maximum Gasteiger partial charge on any atom is 0.305 e. The summed E-state index contributed by atoms with van der Waals surface area (Å²) in [5.74, 6) is -0.319. The molecule has 12 heavy (non-hydrogen) atoms. The lowest BCUT2D eigenvalue weighted by Gasteiger charge is -1.94.